The number of carbonyl (C=O) groups is 1. The summed E-state index contributed by atoms with van der Waals surface area (Å²) >= 11 is 0. The van der Waals surface area contributed by atoms with Crippen LogP contribution in [0.1, 0.15) is 47.2 Å². The fraction of sp³-hybridized carbons (Fsp3) is 0.281. The van der Waals surface area contributed by atoms with E-state index in [9.17, 15) is 9.59 Å². The number of piperidine rings is 1. The number of likely N-dealkylation sites (tertiary alicyclic amines) is 1. The number of hydrogen-bond donors (Lipinski definition) is 1. The number of nitrogens with one attached hydrogen (secondary N) is 1. The number of rotatable bonds is 7. The summed E-state index contributed by atoms with van der Waals surface area (Å²) < 4.78 is 12.8. The molecule has 204 valence electrons. The van der Waals surface area contributed by atoms with Gasteiger partial charge in [-0.25, -0.2) is 0 Å². The second-order valence-corrected chi connectivity index (χ2v) is 10.2. The number of aromatic nitrogens is 2. The van der Waals surface area contributed by atoms with Crippen molar-refractivity contribution in [1.82, 2.24) is 14.7 Å². The molecule has 1 fully saturated rings. The fourth-order valence-electron chi connectivity index (χ4n) is 5.43. The molecular weight excluding hydrogens is 504 g/mol. The number of nitrogens with zero attached hydrogens (tertiary/aromatic N) is 3. The van der Waals surface area contributed by atoms with Gasteiger partial charge in [-0.3, -0.25) is 9.59 Å². The zero-order valence-electron chi connectivity index (χ0n) is 22.6. The highest BCUT2D eigenvalue weighted by Gasteiger charge is 2.20. The minimum Gasteiger partial charge on any atom is -0.497 e. The van der Waals surface area contributed by atoms with Gasteiger partial charge in [0.25, 0.3) is 11.5 Å². The van der Waals surface area contributed by atoms with Crippen molar-refractivity contribution in [1.29, 1.82) is 0 Å². The number of benzene rings is 3. The predicted molar refractivity (Wildman–Crippen MR) is 154 cm³/mol. The lowest BCUT2D eigenvalue weighted by molar-refractivity contribution is 0.0724. The average Bonchev–Trinajstić information content (AvgIpc) is 3.47. The third kappa shape index (κ3) is 5.30. The van der Waals surface area contributed by atoms with Crippen molar-refractivity contribution >= 4 is 17.3 Å². The van der Waals surface area contributed by atoms with Gasteiger partial charge in [-0.15, -0.1) is 0 Å². The second-order valence-electron chi connectivity index (χ2n) is 10.2. The summed E-state index contributed by atoms with van der Waals surface area (Å²) in [5.74, 6) is 1.65. The van der Waals surface area contributed by atoms with Crippen LogP contribution in [0.2, 0.25) is 0 Å². The molecule has 0 spiro atoms. The molecule has 8 heteroatoms. The lowest BCUT2D eigenvalue weighted by Crippen LogP contribution is -2.35. The molecule has 2 heterocycles. The Morgan fingerprint density at radius 3 is 2.45 bits per heavy atom. The van der Waals surface area contributed by atoms with Crippen LogP contribution in [-0.2, 0) is 12.8 Å². The van der Waals surface area contributed by atoms with Gasteiger partial charge < -0.3 is 19.7 Å². The van der Waals surface area contributed by atoms with Crippen LogP contribution in [0.15, 0.2) is 77.7 Å². The SMILES string of the molecule is COc1ccc(-n2ncc(Oc3ccc4c(c3)CCC4)c(Nc3cccc(C(=O)N4CCCCC4)c3)c2=O)cc1. The summed E-state index contributed by atoms with van der Waals surface area (Å²) in [6, 6.07) is 20.4. The van der Waals surface area contributed by atoms with E-state index < -0.39 is 0 Å². The van der Waals surface area contributed by atoms with E-state index in [0.29, 0.717) is 34.2 Å². The quantitative estimate of drug-likeness (QED) is 0.317. The monoisotopic (exact) mass is 536 g/mol. The Morgan fingerprint density at radius 1 is 0.875 bits per heavy atom. The Balaban J connectivity index is 1.36. The lowest BCUT2D eigenvalue weighted by atomic mass is 10.1. The van der Waals surface area contributed by atoms with Crippen molar-refractivity contribution in [2.24, 2.45) is 0 Å². The number of aryl methyl sites for hydroxylation is 2. The van der Waals surface area contributed by atoms with Crippen LogP contribution in [0.25, 0.3) is 5.69 Å². The molecule has 3 aromatic carbocycles. The fourth-order valence-corrected chi connectivity index (χ4v) is 5.43. The second kappa shape index (κ2) is 11.3. The molecule has 1 saturated heterocycles. The highest BCUT2D eigenvalue weighted by molar-refractivity contribution is 5.95. The summed E-state index contributed by atoms with van der Waals surface area (Å²) in [5, 5.41) is 7.67. The van der Waals surface area contributed by atoms with Gasteiger partial charge in [0.05, 0.1) is 19.0 Å². The van der Waals surface area contributed by atoms with Crippen molar-refractivity contribution in [3.8, 4) is 22.9 Å². The first-order valence-corrected chi connectivity index (χ1v) is 13.8. The molecule has 1 N–H and O–H groups in total. The molecule has 2 aliphatic rings. The molecule has 1 aromatic heterocycles. The molecule has 40 heavy (non-hydrogen) atoms. The number of anilines is 2. The van der Waals surface area contributed by atoms with Gasteiger partial charge in [-0.2, -0.15) is 9.78 Å². The number of amides is 1. The highest BCUT2D eigenvalue weighted by Crippen LogP contribution is 2.32. The normalized spacial score (nSPS) is 14.5. The lowest BCUT2D eigenvalue weighted by Gasteiger charge is -2.26. The topological polar surface area (TPSA) is 85.7 Å². The van der Waals surface area contributed by atoms with Crippen LogP contribution < -0.4 is 20.3 Å². The minimum atomic E-state index is -0.378. The van der Waals surface area contributed by atoms with Gasteiger partial charge in [0, 0.05) is 24.3 Å². The minimum absolute atomic E-state index is 0.00309. The molecule has 1 amide bonds. The largest absolute Gasteiger partial charge is 0.497 e. The van der Waals surface area contributed by atoms with E-state index in [1.807, 2.05) is 35.2 Å². The van der Waals surface area contributed by atoms with Crippen molar-refractivity contribution in [2.75, 3.05) is 25.5 Å². The van der Waals surface area contributed by atoms with Gasteiger partial charge in [-0.05, 0) is 104 Å². The summed E-state index contributed by atoms with van der Waals surface area (Å²) in [4.78, 5) is 28.9. The predicted octanol–water partition coefficient (Wildman–Crippen LogP) is 5.89. The van der Waals surface area contributed by atoms with Gasteiger partial charge in [-0.1, -0.05) is 12.1 Å². The number of methoxy groups -OCH3 is 1. The smallest absolute Gasteiger partial charge is 0.299 e. The molecule has 4 aromatic rings. The first-order chi connectivity index (χ1) is 19.6. The highest BCUT2D eigenvalue weighted by atomic mass is 16.5. The molecule has 1 aliphatic carbocycles. The molecule has 0 radical (unpaired) electrons. The molecular formula is C32H32N4O4. The van der Waals surface area contributed by atoms with E-state index in [0.717, 1.165) is 51.6 Å². The standard InChI is InChI=1S/C32H32N4O4/c1-39-27-15-12-26(13-16-27)36-32(38)30(29(21-33-36)40-28-14-11-22-7-5-8-23(22)20-28)34-25-10-6-9-24(19-25)31(37)35-17-3-2-4-18-35/h6,9-16,19-21,34H,2-5,7-8,17-18H2,1H3. The molecule has 0 saturated carbocycles. The van der Waals surface area contributed by atoms with Crippen LogP contribution >= 0.6 is 0 Å². The van der Waals surface area contributed by atoms with Gasteiger partial charge in [0.1, 0.15) is 11.5 Å². The van der Waals surface area contributed by atoms with Crippen molar-refractivity contribution in [3.63, 3.8) is 0 Å². The molecule has 0 unspecified atom stereocenters. The van der Waals surface area contributed by atoms with E-state index in [1.54, 1.807) is 43.6 Å². The van der Waals surface area contributed by atoms with Crippen LogP contribution in [0.5, 0.6) is 17.2 Å². The third-order valence-corrected chi connectivity index (χ3v) is 7.58. The summed E-state index contributed by atoms with van der Waals surface area (Å²) in [6.45, 7) is 1.54. The Labute approximate surface area is 233 Å². The van der Waals surface area contributed by atoms with E-state index in [4.69, 9.17) is 9.47 Å². The molecule has 1 aliphatic heterocycles. The third-order valence-electron chi connectivity index (χ3n) is 7.58. The summed E-state index contributed by atoms with van der Waals surface area (Å²) in [5.41, 5.74) is 4.26. The molecule has 0 atom stereocenters. The van der Waals surface area contributed by atoms with Crippen LogP contribution in [-0.4, -0.2) is 40.8 Å². The van der Waals surface area contributed by atoms with Crippen molar-refractivity contribution in [3.05, 3.63) is 100.0 Å². The first kappa shape index (κ1) is 25.7. The Hall–Kier alpha value is -4.59. The van der Waals surface area contributed by atoms with Gasteiger partial charge in [0.2, 0.25) is 0 Å². The summed E-state index contributed by atoms with van der Waals surface area (Å²) in [6.07, 6.45) is 7.98. The Bertz CT molecular complexity index is 1590. The maximum atomic E-state index is 13.8. The Kier molecular flexibility index (Phi) is 7.23. The van der Waals surface area contributed by atoms with E-state index in [2.05, 4.69) is 16.5 Å². The van der Waals surface area contributed by atoms with Crippen molar-refractivity contribution < 1.29 is 14.3 Å². The van der Waals surface area contributed by atoms with E-state index in [1.165, 1.54) is 15.8 Å². The zero-order chi connectivity index (χ0) is 27.5. The van der Waals surface area contributed by atoms with Crippen LogP contribution in [0.3, 0.4) is 0 Å². The number of ether oxygens (including phenoxy) is 2. The van der Waals surface area contributed by atoms with E-state index >= 15 is 0 Å². The maximum Gasteiger partial charge on any atom is 0.299 e. The number of hydrogen-bond acceptors (Lipinski definition) is 6. The Morgan fingerprint density at radius 2 is 1.65 bits per heavy atom. The molecule has 6 rings (SSSR count). The average molecular weight is 537 g/mol. The van der Waals surface area contributed by atoms with Crippen molar-refractivity contribution in [2.45, 2.75) is 38.5 Å². The zero-order valence-corrected chi connectivity index (χ0v) is 22.6. The summed E-state index contributed by atoms with van der Waals surface area (Å²) in [7, 11) is 1.59. The molecule has 8 nitrogen and oxygen atoms in total. The van der Waals surface area contributed by atoms with E-state index in [-0.39, 0.29) is 17.2 Å². The number of fused-ring (bicyclic) bond motifs is 1. The first-order valence-electron chi connectivity index (χ1n) is 13.8. The molecule has 0 bridgehead atoms. The van der Waals surface area contributed by atoms with Gasteiger partial charge >= 0.3 is 0 Å². The van der Waals surface area contributed by atoms with Crippen LogP contribution in [0.4, 0.5) is 11.4 Å². The van der Waals surface area contributed by atoms with Gasteiger partial charge in [0.15, 0.2) is 11.4 Å². The number of carbonyl (C=O) groups excluding carboxylic acids is 1. The maximum absolute atomic E-state index is 13.8. The van der Waals surface area contributed by atoms with Crippen LogP contribution in [0, 0.1) is 0 Å².